The van der Waals surface area contributed by atoms with Crippen molar-refractivity contribution in [3.63, 3.8) is 0 Å². The Labute approximate surface area is 185 Å². The maximum atomic E-state index is 12.9. The van der Waals surface area contributed by atoms with Gasteiger partial charge in [0.2, 0.25) is 0 Å². The average molecular weight is 440 g/mol. The Hall–Kier alpha value is -2.30. The first-order valence-corrected chi connectivity index (χ1v) is 9.97. The van der Waals surface area contributed by atoms with Crippen LogP contribution in [-0.2, 0) is 4.79 Å². The van der Waals surface area contributed by atoms with Gasteiger partial charge in [0.25, 0.3) is 0 Å². The molecule has 0 aliphatic carbocycles. The van der Waals surface area contributed by atoms with Crippen molar-refractivity contribution in [2.45, 2.75) is 20.1 Å². The third-order valence-corrected chi connectivity index (χ3v) is 4.19. The molecule has 1 atom stereocenters. The molecule has 0 amide bonds. The van der Waals surface area contributed by atoms with Crippen LogP contribution in [0.2, 0.25) is 0 Å². The molecule has 1 unspecified atom stereocenters. The molecule has 0 aromatic heterocycles. The van der Waals surface area contributed by atoms with Crippen LogP contribution in [0.4, 0.5) is 4.39 Å². The molecule has 0 fully saturated rings. The zero-order valence-electron chi connectivity index (χ0n) is 19.5. The van der Waals surface area contributed by atoms with E-state index in [9.17, 15) is 19.4 Å². The molecule has 9 heteroatoms. The number of allylic oxidation sites excluding steroid dienone is 4. The first-order valence-electron chi connectivity index (χ1n) is 9.97. The molecular weight excluding hydrogens is 401 g/mol. The number of carbonyl (C=O) groups excluding carboxylic acids is 1. The molecule has 0 spiro atoms. The fourth-order valence-corrected chi connectivity index (χ4v) is 2.36. The Morgan fingerprint density at radius 3 is 2.29 bits per heavy atom. The summed E-state index contributed by atoms with van der Waals surface area (Å²) >= 11 is 0. The summed E-state index contributed by atoms with van der Waals surface area (Å²) in [6, 6.07) is 0. The van der Waals surface area contributed by atoms with Crippen LogP contribution in [0, 0.1) is 0 Å². The van der Waals surface area contributed by atoms with Gasteiger partial charge in [0.1, 0.15) is 6.23 Å². The monoisotopic (exact) mass is 439 g/mol. The molecule has 0 rings (SSSR count). The van der Waals surface area contributed by atoms with Crippen molar-refractivity contribution < 1.29 is 19.4 Å². The molecule has 0 aromatic rings. The van der Waals surface area contributed by atoms with Crippen LogP contribution in [0.3, 0.4) is 0 Å². The van der Waals surface area contributed by atoms with Gasteiger partial charge in [-0.1, -0.05) is 18.7 Å². The molecule has 0 heterocycles. The number of hydrogen-bond acceptors (Lipinski definition) is 8. The minimum atomic E-state index is -1.01. The highest BCUT2D eigenvalue weighted by molar-refractivity contribution is 5.70. The Morgan fingerprint density at radius 1 is 1.16 bits per heavy atom. The third kappa shape index (κ3) is 12.2. The van der Waals surface area contributed by atoms with E-state index >= 15 is 0 Å². The van der Waals surface area contributed by atoms with Crippen LogP contribution >= 0.6 is 0 Å². The predicted octanol–water partition coefficient (Wildman–Crippen LogP) is 1.68. The molecule has 0 saturated heterocycles. The average Bonchev–Trinajstić information content (AvgIpc) is 2.71. The van der Waals surface area contributed by atoms with Gasteiger partial charge < -0.3 is 20.4 Å². The van der Waals surface area contributed by atoms with Crippen LogP contribution in [0.5, 0.6) is 0 Å². The molecule has 0 aliphatic rings. The standard InChI is InChI=1S/C22H38FN5O3/c1-8-19(10-9-18(3)23)13-25-22(31)17(2)15-28(27(6)7)20(21(30)16-29)14-24-11-12-26(4)5/h8-10,15-16,22,24-25,30-31H,1,11-14H2,2-7H3/b17-15+,18-9+,19-10+,21-20+. The smallest absolute Gasteiger partial charge is 0.186 e. The van der Waals surface area contributed by atoms with Crippen LogP contribution in [-0.4, -0.2) is 92.0 Å². The van der Waals surface area contributed by atoms with E-state index in [4.69, 9.17) is 0 Å². The van der Waals surface area contributed by atoms with E-state index in [1.807, 2.05) is 19.0 Å². The second-order valence-electron chi connectivity index (χ2n) is 7.48. The van der Waals surface area contributed by atoms with Gasteiger partial charge in [-0.15, -0.1) is 0 Å². The van der Waals surface area contributed by atoms with E-state index in [0.29, 0.717) is 29.7 Å². The quantitative estimate of drug-likeness (QED) is 0.0583. The number of hydrazine groups is 1. The molecular formula is C22H38FN5O3. The lowest BCUT2D eigenvalue weighted by Gasteiger charge is -2.31. The molecule has 176 valence electrons. The van der Waals surface area contributed by atoms with Crippen molar-refractivity contribution in [2.75, 3.05) is 54.4 Å². The summed E-state index contributed by atoms with van der Waals surface area (Å²) < 4.78 is 12.9. The van der Waals surface area contributed by atoms with Crippen molar-refractivity contribution in [1.82, 2.24) is 25.6 Å². The summed E-state index contributed by atoms with van der Waals surface area (Å²) in [5.41, 5.74) is 1.59. The number of nitrogens with zero attached hydrogens (tertiary/aromatic N) is 3. The van der Waals surface area contributed by atoms with Crippen molar-refractivity contribution in [2.24, 2.45) is 0 Å². The maximum Gasteiger partial charge on any atom is 0.186 e. The van der Waals surface area contributed by atoms with Gasteiger partial charge in [-0.05, 0) is 45.2 Å². The van der Waals surface area contributed by atoms with Gasteiger partial charge in [-0.25, -0.2) is 9.40 Å². The predicted molar refractivity (Wildman–Crippen MR) is 124 cm³/mol. The zero-order chi connectivity index (χ0) is 24.0. The van der Waals surface area contributed by atoms with Gasteiger partial charge in [-0.3, -0.25) is 15.1 Å². The van der Waals surface area contributed by atoms with E-state index in [-0.39, 0.29) is 18.9 Å². The molecule has 8 nitrogen and oxygen atoms in total. The minimum absolute atomic E-state index is 0.252. The number of carbonyl (C=O) groups is 1. The number of aliphatic hydroxyl groups excluding tert-OH is 2. The minimum Gasteiger partial charge on any atom is -0.503 e. The number of hydrogen-bond donors (Lipinski definition) is 4. The van der Waals surface area contributed by atoms with Crippen molar-refractivity contribution in [3.05, 3.63) is 59.4 Å². The lowest BCUT2D eigenvalue weighted by molar-refractivity contribution is -0.107. The lowest BCUT2D eigenvalue weighted by atomic mass is 10.2. The van der Waals surface area contributed by atoms with Crippen molar-refractivity contribution >= 4 is 6.29 Å². The molecule has 31 heavy (non-hydrogen) atoms. The van der Waals surface area contributed by atoms with Crippen LogP contribution < -0.4 is 10.6 Å². The highest BCUT2D eigenvalue weighted by Gasteiger charge is 2.17. The Bertz CT molecular complexity index is 695. The second kappa shape index (κ2) is 15.5. The Kier molecular flexibility index (Phi) is 14.3. The van der Waals surface area contributed by atoms with Gasteiger partial charge in [0.15, 0.2) is 12.0 Å². The molecule has 0 radical (unpaired) electrons. The summed E-state index contributed by atoms with van der Waals surface area (Å²) in [5.74, 6) is -0.728. The van der Waals surface area contributed by atoms with Gasteiger partial charge >= 0.3 is 0 Å². The summed E-state index contributed by atoms with van der Waals surface area (Å²) in [4.78, 5) is 13.3. The second-order valence-corrected chi connectivity index (χ2v) is 7.48. The normalized spacial score (nSPS) is 15.2. The zero-order valence-corrected chi connectivity index (χ0v) is 19.5. The van der Waals surface area contributed by atoms with E-state index in [0.717, 1.165) is 6.54 Å². The first-order chi connectivity index (χ1) is 14.5. The summed E-state index contributed by atoms with van der Waals surface area (Å²) in [6.45, 7) is 8.73. The van der Waals surface area contributed by atoms with E-state index in [2.05, 4.69) is 17.2 Å². The summed E-state index contributed by atoms with van der Waals surface area (Å²) in [7, 11) is 7.42. The maximum absolute atomic E-state index is 12.9. The van der Waals surface area contributed by atoms with Gasteiger partial charge in [-0.2, -0.15) is 0 Å². The number of aliphatic hydroxyl groups is 2. The van der Waals surface area contributed by atoms with Crippen LogP contribution in [0.1, 0.15) is 13.8 Å². The molecule has 0 aliphatic heterocycles. The topological polar surface area (TPSA) is 91.3 Å². The summed E-state index contributed by atoms with van der Waals surface area (Å²) in [6.07, 6.45) is 5.48. The Morgan fingerprint density at radius 2 is 1.81 bits per heavy atom. The van der Waals surface area contributed by atoms with E-state index in [1.165, 1.54) is 13.0 Å². The SMILES string of the molecule is C=C/C(=C\C=C(/C)F)CNC(O)/C(C)=C/N(/C(CNCCN(C)C)=C(/O)C=O)N(C)C. The molecule has 0 aromatic carbocycles. The largest absolute Gasteiger partial charge is 0.503 e. The highest BCUT2D eigenvalue weighted by atomic mass is 19.1. The van der Waals surface area contributed by atoms with Crippen LogP contribution in [0.25, 0.3) is 0 Å². The number of likely N-dealkylation sites (N-methyl/N-ethyl adjacent to an activating group) is 1. The lowest BCUT2D eigenvalue weighted by Crippen LogP contribution is -2.40. The molecule has 4 N–H and O–H groups in total. The number of halogens is 1. The van der Waals surface area contributed by atoms with Crippen LogP contribution in [0.15, 0.2) is 59.4 Å². The molecule has 0 saturated carbocycles. The fourth-order valence-electron chi connectivity index (χ4n) is 2.36. The van der Waals surface area contributed by atoms with Gasteiger partial charge in [0.05, 0.1) is 11.5 Å². The number of rotatable bonds is 15. The number of nitrogens with one attached hydrogen (secondary N) is 2. The van der Waals surface area contributed by atoms with Crippen molar-refractivity contribution in [1.29, 1.82) is 0 Å². The van der Waals surface area contributed by atoms with Crippen molar-refractivity contribution in [3.8, 4) is 0 Å². The number of aldehydes is 1. The molecule has 0 bridgehead atoms. The highest BCUT2D eigenvalue weighted by Crippen LogP contribution is 2.13. The third-order valence-electron chi connectivity index (χ3n) is 4.19. The Balaban J connectivity index is 5.42. The first kappa shape index (κ1) is 28.7. The van der Waals surface area contributed by atoms with Gasteiger partial charge in [0, 0.05) is 46.5 Å². The summed E-state index contributed by atoms with van der Waals surface area (Å²) in [5, 5.41) is 30.0. The fraction of sp³-hybridized carbons (Fsp3) is 0.500. The van der Waals surface area contributed by atoms with E-state index < -0.39 is 12.0 Å². The van der Waals surface area contributed by atoms with E-state index in [1.54, 1.807) is 49.4 Å².